The molecule has 3 rings (SSSR count). The molecule has 0 saturated heterocycles. The summed E-state index contributed by atoms with van der Waals surface area (Å²) in [5, 5.41) is 6.84. The average Bonchev–Trinajstić information content (AvgIpc) is 3.18. The highest BCUT2D eigenvalue weighted by atomic mass is 19.4. The van der Waals surface area contributed by atoms with Gasteiger partial charge in [-0.1, -0.05) is 6.07 Å². The molecule has 1 saturated carbocycles. The molecule has 1 N–H and O–H groups in total. The number of aromatic nitrogens is 2. The van der Waals surface area contributed by atoms with Crippen LogP contribution in [0.5, 0.6) is 5.75 Å². The second-order valence-corrected chi connectivity index (χ2v) is 5.29. The molecule has 0 bridgehead atoms. The van der Waals surface area contributed by atoms with Crippen molar-refractivity contribution >= 4 is 5.91 Å². The van der Waals surface area contributed by atoms with E-state index < -0.39 is 11.7 Å². The maximum Gasteiger partial charge on any atom is 0.416 e. The lowest BCUT2D eigenvalue weighted by Crippen LogP contribution is -2.26. The van der Waals surface area contributed by atoms with Gasteiger partial charge in [-0.3, -0.25) is 4.79 Å². The van der Waals surface area contributed by atoms with Gasteiger partial charge in [0.15, 0.2) is 6.73 Å². The molecule has 1 aromatic heterocycles. The molecule has 0 spiro atoms. The number of benzene rings is 1. The van der Waals surface area contributed by atoms with E-state index in [1.165, 1.54) is 29.1 Å². The van der Waals surface area contributed by atoms with E-state index in [0.29, 0.717) is 0 Å². The summed E-state index contributed by atoms with van der Waals surface area (Å²) in [6.07, 6.45) is -0.926. The van der Waals surface area contributed by atoms with E-state index >= 15 is 0 Å². The van der Waals surface area contributed by atoms with Crippen LogP contribution in [0.2, 0.25) is 0 Å². The minimum atomic E-state index is -4.42. The van der Waals surface area contributed by atoms with Gasteiger partial charge in [0.25, 0.3) is 5.91 Å². The van der Waals surface area contributed by atoms with Crippen molar-refractivity contribution in [1.82, 2.24) is 15.1 Å². The average molecular weight is 325 g/mol. The quantitative estimate of drug-likeness (QED) is 0.920. The van der Waals surface area contributed by atoms with Crippen molar-refractivity contribution < 1.29 is 22.7 Å². The summed E-state index contributed by atoms with van der Waals surface area (Å²) in [5.41, 5.74) is -0.524. The number of carbonyl (C=O) groups excluding carboxylic acids is 1. The van der Waals surface area contributed by atoms with Crippen molar-refractivity contribution in [3.05, 3.63) is 47.8 Å². The highest BCUT2D eigenvalue weighted by molar-refractivity contribution is 5.92. The Balaban J connectivity index is 1.60. The third-order valence-corrected chi connectivity index (χ3v) is 3.31. The lowest BCUT2D eigenvalue weighted by atomic mass is 10.2. The SMILES string of the molecule is O=C(NC1CC1)c1ccn(COc2cccc(C(F)(F)F)c2)n1. The van der Waals surface area contributed by atoms with Crippen LogP contribution in [0.4, 0.5) is 13.2 Å². The van der Waals surface area contributed by atoms with E-state index in [4.69, 9.17) is 4.74 Å². The Bertz CT molecular complexity index is 708. The molecule has 8 heteroatoms. The Morgan fingerprint density at radius 3 is 2.83 bits per heavy atom. The zero-order valence-corrected chi connectivity index (χ0v) is 12.0. The molecule has 5 nitrogen and oxygen atoms in total. The van der Waals surface area contributed by atoms with Gasteiger partial charge in [-0.15, -0.1) is 0 Å². The van der Waals surface area contributed by atoms with Gasteiger partial charge in [-0.25, -0.2) is 4.68 Å². The largest absolute Gasteiger partial charge is 0.471 e. The maximum atomic E-state index is 12.6. The first-order valence-electron chi connectivity index (χ1n) is 7.06. The normalized spacial score (nSPS) is 14.6. The summed E-state index contributed by atoms with van der Waals surface area (Å²) in [6.45, 7) is -0.0853. The molecule has 1 aliphatic carbocycles. The van der Waals surface area contributed by atoms with E-state index in [1.54, 1.807) is 0 Å². The van der Waals surface area contributed by atoms with Gasteiger partial charge in [0, 0.05) is 12.2 Å². The van der Waals surface area contributed by atoms with Crippen LogP contribution in [0, 0.1) is 0 Å². The van der Waals surface area contributed by atoms with Gasteiger partial charge in [0.05, 0.1) is 5.56 Å². The molecular formula is C15H14F3N3O2. The summed E-state index contributed by atoms with van der Waals surface area (Å²) in [6, 6.07) is 6.36. The van der Waals surface area contributed by atoms with Crippen LogP contribution < -0.4 is 10.1 Å². The van der Waals surface area contributed by atoms with Crippen LogP contribution in [0.15, 0.2) is 36.5 Å². The van der Waals surface area contributed by atoms with E-state index in [9.17, 15) is 18.0 Å². The number of ether oxygens (including phenoxy) is 1. The Kier molecular flexibility index (Phi) is 3.97. The summed E-state index contributed by atoms with van der Waals surface area (Å²) < 4.78 is 44.5. The predicted octanol–water partition coefficient (Wildman–Crippen LogP) is 2.83. The molecular weight excluding hydrogens is 311 g/mol. The minimum Gasteiger partial charge on any atom is -0.471 e. The third-order valence-electron chi connectivity index (χ3n) is 3.31. The number of rotatable bonds is 5. The molecule has 1 aromatic carbocycles. The number of alkyl halides is 3. The Labute approximate surface area is 130 Å². The molecule has 0 atom stereocenters. The lowest BCUT2D eigenvalue weighted by molar-refractivity contribution is -0.137. The van der Waals surface area contributed by atoms with Crippen molar-refractivity contribution in [3.8, 4) is 5.75 Å². The number of amides is 1. The monoisotopic (exact) mass is 325 g/mol. The minimum absolute atomic E-state index is 0.0827. The van der Waals surface area contributed by atoms with Crippen molar-refractivity contribution in [2.75, 3.05) is 0 Å². The molecule has 0 aliphatic heterocycles. The van der Waals surface area contributed by atoms with E-state index in [2.05, 4.69) is 10.4 Å². The number of hydrogen-bond acceptors (Lipinski definition) is 3. The van der Waals surface area contributed by atoms with Crippen LogP contribution in [0.3, 0.4) is 0 Å². The summed E-state index contributed by atoms with van der Waals surface area (Å²) >= 11 is 0. The van der Waals surface area contributed by atoms with Gasteiger partial charge < -0.3 is 10.1 Å². The standard InChI is InChI=1S/C15H14F3N3O2/c16-15(17,18)10-2-1-3-12(8-10)23-9-21-7-6-13(20-21)14(22)19-11-4-5-11/h1-3,6-8,11H,4-5,9H2,(H,19,22). The second-order valence-electron chi connectivity index (χ2n) is 5.29. The molecule has 1 heterocycles. The molecule has 1 amide bonds. The third kappa shape index (κ3) is 4.02. The van der Waals surface area contributed by atoms with Crippen molar-refractivity contribution in [1.29, 1.82) is 0 Å². The van der Waals surface area contributed by atoms with E-state index in [-0.39, 0.29) is 30.1 Å². The first kappa shape index (κ1) is 15.4. The van der Waals surface area contributed by atoms with Gasteiger partial charge in [-0.05, 0) is 37.1 Å². The highest BCUT2D eigenvalue weighted by Gasteiger charge is 2.30. The zero-order valence-electron chi connectivity index (χ0n) is 12.0. The summed E-state index contributed by atoms with van der Waals surface area (Å²) in [4.78, 5) is 11.8. The van der Waals surface area contributed by atoms with E-state index in [0.717, 1.165) is 25.0 Å². The van der Waals surface area contributed by atoms with Crippen molar-refractivity contribution in [2.45, 2.75) is 31.8 Å². The second kappa shape index (κ2) is 5.94. The van der Waals surface area contributed by atoms with Crippen molar-refractivity contribution in [3.63, 3.8) is 0 Å². The maximum absolute atomic E-state index is 12.6. The molecule has 122 valence electrons. The number of hydrogen-bond donors (Lipinski definition) is 1. The van der Waals surface area contributed by atoms with Crippen LogP contribution in [-0.4, -0.2) is 21.7 Å². The fourth-order valence-electron chi connectivity index (χ4n) is 1.94. The van der Waals surface area contributed by atoms with Crippen LogP contribution >= 0.6 is 0 Å². The van der Waals surface area contributed by atoms with Gasteiger partial charge in [-0.2, -0.15) is 18.3 Å². The summed E-state index contributed by atoms with van der Waals surface area (Å²) in [7, 11) is 0. The van der Waals surface area contributed by atoms with Crippen LogP contribution in [0.1, 0.15) is 28.9 Å². The topological polar surface area (TPSA) is 56.2 Å². The molecule has 2 aromatic rings. The molecule has 1 fully saturated rings. The predicted molar refractivity (Wildman–Crippen MR) is 74.8 cm³/mol. The van der Waals surface area contributed by atoms with Gasteiger partial charge >= 0.3 is 6.18 Å². The number of nitrogens with zero attached hydrogens (tertiary/aromatic N) is 2. The molecule has 0 unspecified atom stereocenters. The van der Waals surface area contributed by atoms with Crippen molar-refractivity contribution in [2.24, 2.45) is 0 Å². The molecule has 23 heavy (non-hydrogen) atoms. The molecule has 0 radical (unpaired) electrons. The first-order valence-corrected chi connectivity index (χ1v) is 7.06. The summed E-state index contributed by atoms with van der Waals surface area (Å²) in [5.74, 6) is -0.176. The highest BCUT2D eigenvalue weighted by Crippen LogP contribution is 2.31. The number of halogens is 3. The zero-order chi connectivity index (χ0) is 16.4. The van der Waals surface area contributed by atoms with Gasteiger partial charge in [0.2, 0.25) is 0 Å². The Morgan fingerprint density at radius 2 is 2.13 bits per heavy atom. The smallest absolute Gasteiger partial charge is 0.416 e. The fourth-order valence-corrected chi connectivity index (χ4v) is 1.94. The first-order chi connectivity index (χ1) is 10.9. The lowest BCUT2D eigenvalue weighted by Gasteiger charge is -2.10. The van der Waals surface area contributed by atoms with Gasteiger partial charge in [0.1, 0.15) is 11.4 Å². The number of nitrogens with one attached hydrogen (secondary N) is 1. The molecule has 1 aliphatic rings. The fraction of sp³-hybridized carbons (Fsp3) is 0.333. The van der Waals surface area contributed by atoms with Crippen LogP contribution in [-0.2, 0) is 12.9 Å². The van der Waals surface area contributed by atoms with Crippen LogP contribution in [0.25, 0.3) is 0 Å². The van der Waals surface area contributed by atoms with E-state index in [1.807, 2.05) is 0 Å². The Hall–Kier alpha value is -2.51. The number of carbonyl (C=O) groups is 1. The Morgan fingerprint density at radius 1 is 1.35 bits per heavy atom.